The first-order chi connectivity index (χ1) is 14.0. The van der Waals surface area contributed by atoms with Crippen molar-refractivity contribution < 1.29 is 28.5 Å². The number of likely N-dealkylation sites (N-methyl/N-ethyl adjacent to an activating group) is 1. The van der Waals surface area contributed by atoms with Crippen LogP contribution in [0.3, 0.4) is 0 Å². The molecule has 3 rings (SSSR count). The molecule has 0 unspecified atom stereocenters. The maximum absolute atomic E-state index is 9.48. The van der Waals surface area contributed by atoms with Crippen LogP contribution >= 0.6 is 0 Å². The highest BCUT2D eigenvalue weighted by Crippen LogP contribution is 2.45. The van der Waals surface area contributed by atoms with Gasteiger partial charge in [0.25, 0.3) is 0 Å². The lowest BCUT2D eigenvalue weighted by molar-refractivity contribution is -0.935. The molecule has 2 aromatic rings. The Morgan fingerprint density at radius 2 is 1.52 bits per heavy atom. The van der Waals surface area contributed by atoms with Crippen molar-refractivity contribution in [2.75, 3.05) is 55.2 Å². The molecule has 1 aliphatic rings. The molecule has 2 atom stereocenters. The monoisotopic (exact) mass is 402 g/mol. The summed E-state index contributed by atoms with van der Waals surface area (Å²) in [6, 6.07) is 10.4. The minimum Gasteiger partial charge on any atom is -0.493 e. The van der Waals surface area contributed by atoms with Crippen molar-refractivity contribution in [1.82, 2.24) is 0 Å². The fourth-order valence-corrected chi connectivity index (χ4v) is 4.48. The van der Waals surface area contributed by atoms with Gasteiger partial charge in [-0.15, -0.1) is 0 Å². The molecule has 0 aromatic heterocycles. The molecule has 0 amide bonds. The summed E-state index contributed by atoms with van der Waals surface area (Å²) in [6.07, 6.45) is 1.70. The number of methoxy groups -OCH3 is 4. The van der Waals surface area contributed by atoms with E-state index in [0.717, 1.165) is 47.5 Å². The predicted molar refractivity (Wildman–Crippen MR) is 112 cm³/mol. The third kappa shape index (κ3) is 4.00. The minimum absolute atomic E-state index is 0.0879. The van der Waals surface area contributed by atoms with Gasteiger partial charge >= 0.3 is 0 Å². The number of ether oxygens (including phenoxy) is 4. The topological polar surface area (TPSA) is 57.2 Å². The highest BCUT2D eigenvalue weighted by atomic mass is 16.5. The van der Waals surface area contributed by atoms with Crippen LogP contribution in [0.2, 0.25) is 0 Å². The summed E-state index contributed by atoms with van der Waals surface area (Å²) < 4.78 is 22.9. The van der Waals surface area contributed by atoms with Crippen molar-refractivity contribution >= 4 is 0 Å². The number of rotatable bonds is 8. The van der Waals surface area contributed by atoms with Gasteiger partial charge in [0.15, 0.2) is 23.0 Å². The molecular weight excluding hydrogens is 370 g/mol. The van der Waals surface area contributed by atoms with E-state index in [1.165, 1.54) is 11.1 Å². The normalized spacial score (nSPS) is 20.7. The van der Waals surface area contributed by atoms with Gasteiger partial charge in [-0.1, -0.05) is 0 Å². The molecule has 0 bridgehead atoms. The van der Waals surface area contributed by atoms with Gasteiger partial charge in [0.05, 0.1) is 48.6 Å². The van der Waals surface area contributed by atoms with Crippen LogP contribution in [0.4, 0.5) is 0 Å². The molecule has 1 N–H and O–H groups in total. The van der Waals surface area contributed by atoms with Crippen molar-refractivity contribution in [2.24, 2.45) is 0 Å². The van der Waals surface area contributed by atoms with Gasteiger partial charge in [-0.2, -0.15) is 0 Å². The van der Waals surface area contributed by atoms with Crippen LogP contribution < -0.4 is 18.9 Å². The van der Waals surface area contributed by atoms with Crippen molar-refractivity contribution in [3.05, 3.63) is 47.0 Å². The molecular formula is C23H32NO5+. The third-order valence-electron chi connectivity index (χ3n) is 6.01. The molecule has 6 heteroatoms. The van der Waals surface area contributed by atoms with E-state index in [-0.39, 0.29) is 12.6 Å². The number of aliphatic hydroxyl groups excluding tert-OH is 1. The molecule has 1 heterocycles. The highest BCUT2D eigenvalue weighted by Gasteiger charge is 2.41. The van der Waals surface area contributed by atoms with E-state index >= 15 is 0 Å². The Labute approximate surface area is 173 Å². The SMILES string of the molecule is COc1ccc([C@@H]2c3cc(OC)c(OC)cc3CC[N@@+]2(C)CCCO)cc1OC. The lowest BCUT2D eigenvalue weighted by Crippen LogP contribution is -2.52. The fourth-order valence-electron chi connectivity index (χ4n) is 4.48. The zero-order chi connectivity index (χ0) is 21.0. The molecule has 1 aliphatic heterocycles. The van der Waals surface area contributed by atoms with Crippen molar-refractivity contribution in [2.45, 2.75) is 18.9 Å². The molecule has 0 fully saturated rings. The van der Waals surface area contributed by atoms with E-state index in [0.29, 0.717) is 11.5 Å². The number of nitrogens with zero attached hydrogens (tertiary/aromatic N) is 1. The zero-order valence-corrected chi connectivity index (χ0v) is 18.0. The van der Waals surface area contributed by atoms with Crippen LogP contribution in [-0.2, 0) is 6.42 Å². The Balaban J connectivity index is 2.18. The Bertz CT molecular complexity index is 853. The molecule has 0 aliphatic carbocycles. The second-order valence-electron chi connectivity index (χ2n) is 7.68. The van der Waals surface area contributed by atoms with Gasteiger partial charge in [-0.05, 0) is 35.9 Å². The summed E-state index contributed by atoms with van der Waals surface area (Å²) >= 11 is 0. The van der Waals surface area contributed by atoms with Gasteiger partial charge in [-0.25, -0.2) is 0 Å². The number of hydrogen-bond acceptors (Lipinski definition) is 5. The average molecular weight is 403 g/mol. The number of hydrogen-bond donors (Lipinski definition) is 1. The van der Waals surface area contributed by atoms with Crippen molar-refractivity contribution in [1.29, 1.82) is 0 Å². The third-order valence-corrected chi connectivity index (χ3v) is 6.01. The Morgan fingerprint density at radius 3 is 2.14 bits per heavy atom. The summed E-state index contributed by atoms with van der Waals surface area (Å²) in [5, 5.41) is 9.48. The van der Waals surface area contributed by atoms with Gasteiger partial charge in [-0.3, -0.25) is 0 Å². The second kappa shape index (κ2) is 8.93. The molecule has 158 valence electrons. The lowest BCUT2D eigenvalue weighted by atomic mass is 9.85. The first-order valence-corrected chi connectivity index (χ1v) is 9.93. The van der Waals surface area contributed by atoms with E-state index in [1.807, 2.05) is 6.07 Å². The van der Waals surface area contributed by atoms with E-state index < -0.39 is 0 Å². The van der Waals surface area contributed by atoms with Crippen LogP contribution in [-0.4, -0.2) is 64.8 Å². The maximum Gasteiger partial charge on any atom is 0.161 e. The second-order valence-corrected chi connectivity index (χ2v) is 7.68. The van der Waals surface area contributed by atoms with Crippen LogP contribution in [0.15, 0.2) is 30.3 Å². The summed E-state index contributed by atoms with van der Waals surface area (Å²) in [7, 11) is 8.89. The van der Waals surface area contributed by atoms with Crippen molar-refractivity contribution in [3.8, 4) is 23.0 Å². The fraction of sp³-hybridized carbons (Fsp3) is 0.478. The number of aliphatic hydroxyl groups is 1. The van der Waals surface area contributed by atoms with E-state index in [9.17, 15) is 5.11 Å². The zero-order valence-electron chi connectivity index (χ0n) is 18.0. The van der Waals surface area contributed by atoms with Crippen LogP contribution in [0.1, 0.15) is 29.2 Å². The van der Waals surface area contributed by atoms with E-state index in [4.69, 9.17) is 18.9 Å². The highest BCUT2D eigenvalue weighted by molar-refractivity contribution is 5.52. The first kappa shape index (κ1) is 21.3. The first-order valence-electron chi connectivity index (χ1n) is 9.93. The summed E-state index contributed by atoms with van der Waals surface area (Å²) in [6.45, 7) is 2.04. The standard InChI is InChI=1S/C23H32NO5/c1-24(10-6-12-25)11-9-16-13-21(28-4)22(29-5)15-18(16)23(24)17-7-8-19(26-2)20(14-17)27-3/h7-8,13-15,23,25H,6,9-12H2,1-5H3/q+1/t23-,24-/m1/s1. The summed E-state index contributed by atoms with van der Waals surface area (Å²) in [5.74, 6) is 2.91. The van der Waals surface area contributed by atoms with Crippen LogP contribution in [0.5, 0.6) is 23.0 Å². The summed E-state index contributed by atoms with van der Waals surface area (Å²) in [5.41, 5.74) is 3.64. The molecule has 2 aromatic carbocycles. The van der Waals surface area contributed by atoms with Gasteiger partial charge in [0.2, 0.25) is 0 Å². The summed E-state index contributed by atoms with van der Waals surface area (Å²) in [4.78, 5) is 0. The number of fused-ring (bicyclic) bond motifs is 1. The number of benzene rings is 2. The van der Waals surface area contributed by atoms with Gasteiger partial charge in [0, 0.05) is 30.6 Å². The molecule has 0 spiro atoms. The smallest absolute Gasteiger partial charge is 0.161 e. The van der Waals surface area contributed by atoms with Crippen LogP contribution in [0.25, 0.3) is 0 Å². The Morgan fingerprint density at radius 1 is 0.897 bits per heavy atom. The molecule has 0 saturated heterocycles. The average Bonchev–Trinajstić information content (AvgIpc) is 2.76. The Hall–Kier alpha value is -2.44. The predicted octanol–water partition coefficient (Wildman–Crippen LogP) is 3.20. The quantitative estimate of drug-likeness (QED) is 0.688. The van der Waals surface area contributed by atoms with E-state index in [2.05, 4.69) is 31.3 Å². The van der Waals surface area contributed by atoms with Gasteiger partial charge in [0.1, 0.15) is 6.04 Å². The maximum atomic E-state index is 9.48. The Kier molecular flexibility index (Phi) is 6.55. The molecule has 6 nitrogen and oxygen atoms in total. The lowest BCUT2D eigenvalue weighted by Gasteiger charge is -2.46. The van der Waals surface area contributed by atoms with E-state index in [1.54, 1.807) is 28.4 Å². The molecule has 0 saturated carbocycles. The van der Waals surface area contributed by atoms with Crippen LogP contribution in [0, 0.1) is 0 Å². The number of quaternary nitrogens is 1. The molecule has 29 heavy (non-hydrogen) atoms. The molecule has 0 radical (unpaired) electrons. The largest absolute Gasteiger partial charge is 0.493 e. The minimum atomic E-state index is 0.0879. The van der Waals surface area contributed by atoms with Crippen molar-refractivity contribution in [3.63, 3.8) is 0 Å². The van der Waals surface area contributed by atoms with Gasteiger partial charge < -0.3 is 28.5 Å².